The summed E-state index contributed by atoms with van der Waals surface area (Å²) in [6.45, 7) is 3.95. The predicted molar refractivity (Wildman–Crippen MR) is 114 cm³/mol. The van der Waals surface area contributed by atoms with Gasteiger partial charge in [0, 0.05) is 48.9 Å². The largest absolute Gasteiger partial charge is 0.346 e. The van der Waals surface area contributed by atoms with Crippen LogP contribution in [0.25, 0.3) is 21.9 Å². The van der Waals surface area contributed by atoms with Gasteiger partial charge in [0.15, 0.2) is 0 Å². The smallest absolute Gasteiger partial charge is 0.222 e. The first-order chi connectivity index (χ1) is 13.7. The Balaban J connectivity index is 1.41. The van der Waals surface area contributed by atoms with Gasteiger partial charge in [-0.25, -0.2) is 4.98 Å². The normalized spacial score (nSPS) is 20.2. The molecule has 1 aliphatic rings. The molecule has 5 nitrogen and oxygen atoms in total. The molecule has 0 unspecified atom stereocenters. The van der Waals surface area contributed by atoms with Crippen molar-refractivity contribution < 1.29 is 4.79 Å². The summed E-state index contributed by atoms with van der Waals surface area (Å²) in [6, 6.07) is 6.63. The van der Waals surface area contributed by atoms with E-state index in [9.17, 15) is 4.79 Å². The van der Waals surface area contributed by atoms with Crippen LogP contribution in [0.4, 0.5) is 0 Å². The van der Waals surface area contributed by atoms with Crippen molar-refractivity contribution in [1.82, 2.24) is 19.4 Å². The number of H-pyrrole nitrogens is 1. The van der Waals surface area contributed by atoms with Crippen LogP contribution in [-0.2, 0) is 11.2 Å². The number of carbonyl (C=O) groups is 1. The SMILES string of the molecule is C[C@@H]1CCN(C(=O)CCc2ccsc2)C[C@@H]1n1ccc2cnc3[nH]ccc3c21. The second-order valence-electron chi connectivity index (χ2n) is 7.83. The quantitative estimate of drug-likeness (QED) is 0.551. The zero-order chi connectivity index (χ0) is 19.1. The molecule has 1 fully saturated rings. The molecule has 4 aromatic rings. The molecule has 0 aliphatic carbocycles. The van der Waals surface area contributed by atoms with E-state index in [0.29, 0.717) is 12.3 Å². The van der Waals surface area contributed by atoms with Crippen LogP contribution in [0.5, 0.6) is 0 Å². The Morgan fingerprint density at radius 2 is 2.29 bits per heavy atom. The second-order valence-corrected chi connectivity index (χ2v) is 8.61. The number of piperidine rings is 1. The molecule has 1 saturated heterocycles. The highest BCUT2D eigenvalue weighted by Gasteiger charge is 2.30. The van der Waals surface area contributed by atoms with Gasteiger partial charge in [0.2, 0.25) is 5.91 Å². The van der Waals surface area contributed by atoms with Crippen molar-refractivity contribution in [3.8, 4) is 0 Å². The zero-order valence-electron chi connectivity index (χ0n) is 16.0. The Labute approximate surface area is 168 Å². The summed E-state index contributed by atoms with van der Waals surface area (Å²) in [6.07, 6.45) is 8.51. The van der Waals surface area contributed by atoms with Crippen molar-refractivity contribution >= 4 is 39.2 Å². The van der Waals surface area contributed by atoms with Crippen LogP contribution < -0.4 is 0 Å². The fourth-order valence-corrected chi connectivity index (χ4v) is 5.12. The van der Waals surface area contributed by atoms with E-state index >= 15 is 0 Å². The molecular weight excluding hydrogens is 368 g/mol. The van der Waals surface area contributed by atoms with Gasteiger partial charge in [0.05, 0.1) is 11.6 Å². The highest BCUT2D eigenvalue weighted by Crippen LogP contribution is 2.34. The number of aromatic amines is 1. The van der Waals surface area contributed by atoms with Gasteiger partial charge >= 0.3 is 0 Å². The molecule has 0 bridgehead atoms. The fourth-order valence-electron chi connectivity index (χ4n) is 4.41. The number of fused-ring (bicyclic) bond motifs is 3. The maximum absolute atomic E-state index is 12.9. The molecule has 5 heterocycles. The second kappa shape index (κ2) is 7.09. The van der Waals surface area contributed by atoms with Gasteiger partial charge < -0.3 is 14.5 Å². The van der Waals surface area contributed by atoms with Crippen molar-refractivity contribution in [3.05, 3.63) is 53.1 Å². The van der Waals surface area contributed by atoms with Crippen molar-refractivity contribution in [2.24, 2.45) is 5.92 Å². The third-order valence-electron chi connectivity index (χ3n) is 6.10. The number of nitrogens with zero attached hydrogens (tertiary/aromatic N) is 3. The van der Waals surface area contributed by atoms with Crippen molar-refractivity contribution in [3.63, 3.8) is 0 Å². The molecule has 5 rings (SSSR count). The third kappa shape index (κ3) is 3.02. The highest BCUT2D eigenvalue weighted by atomic mass is 32.1. The van der Waals surface area contributed by atoms with Gasteiger partial charge in [-0.3, -0.25) is 4.79 Å². The molecule has 0 radical (unpaired) electrons. The number of hydrogen-bond acceptors (Lipinski definition) is 3. The van der Waals surface area contributed by atoms with E-state index in [-0.39, 0.29) is 11.9 Å². The summed E-state index contributed by atoms with van der Waals surface area (Å²) in [5, 5.41) is 6.51. The van der Waals surface area contributed by atoms with Gasteiger partial charge in [0.1, 0.15) is 5.65 Å². The predicted octanol–water partition coefficient (Wildman–Crippen LogP) is 4.62. The Hall–Kier alpha value is -2.60. The van der Waals surface area contributed by atoms with Crippen molar-refractivity contribution in [2.45, 2.75) is 32.2 Å². The first-order valence-electron chi connectivity index (χ1n) is 9.92. The standard InChI is InChI=1S/C22H24N4OS/c1-15-5-9-25(20(27)3-2-16-7-11-28-14-16)13-19(15)26-10-6-17-12-24-22-18(21(17)26)4-8-23-22/h4,6-8,10-12,14-15,19H,2-3,5,9,13H2,1H3,(H,23,24)/t15-,19+/m1/s1. The van der Waals surface area contributed by atoms with Gasteiger partial charge in [-0.05, 0) is 53.3 Å². The molecular formula is C22H24N4OS. The lowest BCUT2D eigenvalue weighted by Gasteiger charge is -2.38. The van der Waals surface area contributed by atoms with Crippen LogP contribution >= 0.6 is 11.3 Å². The monoisotopic (exact) mass is 392 g/mol. The molecule has 2 atom stereocenters. The van der Waals surface area contributed by atoms with Crippen LogP contribution in [0, 0.1) is 5.92 Å². The number of aryl methyl sites for hydroxylation is 1. The number of rotatable bonds is 4. The molecule has 1 amide bonds. The van der Waals surface area contributed by atoms with Crippen LogP contribution in [0.2, 0.25) is 0 Å². The number of pyridine rings is 1. The lowest BCUT2D eigenvalue weighted by atomic mass is 9.92. The van der Waals surface area contributed by atoms with E-state index in [0.717, 1.165) is 42.4 Å². The van der Waals surface area contributed by atoms with E-state index in [1.165, 1.54) is 11.1 Å². The van der Waals surface area contributed by atoms with Crippen molar-refractivity contribution in [1.29, 1.82) is 0 Å². The first-order valence-corrected chi connectivity index (χ1v) is 10.9. The maximum atomic E-state index is 12.9. The Bertz CT molecular complexity index is 1110. The Kier molecular flexibility index (Phi) is 4.43. The number of hydrogen-bond donors (Lipinski definition) is 1. The van der Waals surface area contributed by atoms with E-state index in [1.807, 2.05) is 12.4 Å². The Morgan fingerprint density at radius 3 is 3.14 bits per heavy atom. The lowest BCUT2D eigenvalue weighted by molar-refractivity contribution is -0.133. The number of aromatic nitrogens is 3. The summed E-state index contributed by atoms with van der Waals surface area (Å²) in [4.78, 5) is 22.6. The van der Waals surface area contributed by atoms with Crippen LogP contribution in [0.3, 0.4) is 0 Å². The van der Waals surface area contributed by atoms with E-state index in [2.05, 4.69) is 61.5 Å². The minimum absolute atomic E-state index is 0.271. The minimum atomic E-state index is 0.271. The third-order valence-corrected chi connectivity index (χ3v) is 6.83. The number of carbonyl (C=O) groups excluding carboxylic acids is 1. The van der Waals surface area contributed by atoms with Crippen molar-refractivity contribution in [2.75, 3.05) is 13.1 Å². The molecule has 1 N–H and O–H groups in total. The number of amides is 1. The van der Waals surface area contributed by atoms with Gasteiger partial charge in [0.25, 0.3) is 0 Å². The Morgan fingerprint density at radius 1 is 1.36 bits per heavy atom. The number of likely N-dealkylation sites (tertiary alicyclic amines) is 1. The lowest BCUT2D eigenvalue weighted by Crippen LogP contribution is -2.43. The van der Waals surface area contributed by atoms with Crippen LogP contribution in [0.15, 0.2) is 47.5 Å². The summed E-state index contributed by atoms with van der Waals surface area (Å²) in [5.41, 5.74) is 3.40. The van der Waals surface area contributed by atoms with Gasteiger partial charge in [-0.15, -0.1) is 0 Å². The summed E-state index contributed by atoms with van der Waals surface area (Å²) in [7, 11) is 0. The molecule has 0 saturated carbocycles. The number of nitrogens with one attached hydrogen (secondary N) is 1. The van der Waals surface area contributed by atoms with E-state index in [1.54, 1.807) is 11.3 Å². The zero-order valence-corrected chi connectivity index (χ0v) is 16.8. The molecule has 6 heteroatoms. The summed E-state index contributed by atoms with van der Waals surface area (Å²) >= 11 is 1.69. The fraction of sp³-hybridized carbons (Fsp3) is 0.364. The maximum Gasteiger partial charge on any atom is 0.222 e. The minimum Gasteiger partial charge on any atom is -0.346 e. The average molecular weight is 393 g/mol. The van der Waals surface area contributed by atoms with Crippen LogP contribution in [0.1, 0.15) is 31.4 Å². The number of thiophene rings is 1. The molecule has 28 heavy (non-hydrogen) atoms. The molecule has 1 aliphatic heterocycles. The van der Waals surface area contributed by atoms with Gasteiger partial charge in [-0.1, -0.05) is 6.92 Å². The van der Waals surface area contributed by atoms with E-state index in [4.69, 9.17) is 0 Å². The van der Waals surface area contributed by atoms with E-state index < -0.39 is 0 Å². The molecule has 0 aromatic carbocycles. The summed E-state index contributed by atoms with van der Waals surface area (Å²) in [5.74, 6) is 0.798. The highest BCUT2D eigenvalue weighted by molar-refractivity contribution is 7.07. The molecule has 4 aromatic heterocycles. The van der Waals surface area contributed by atoms with Gasteiger partial charge in [-0.2, -0.15) is 11.3 Å². The topological polar surface area (TPSA) is 53.9 Å². The molecule has 0 spiro atoms. The molecule has 144 valence electrons. The van der Waals surface area contributed by atoms with Crippen LogP contribution in [-0.4, -0.2) is 38.4 Å². The summed E-state index contributed by atoms with van der Waals surface area (Å²) < 4.78 is 2.37. The first kappa shape index (κ1) is 17.5. The average Bonchev–Trinajstić information content (AvgIpc) is 3.45.